The summed E-state index contributed by atoms with van der Waals surface area (Å²) in [6.07, 6.45) is 1.74. The average molecular weight is 414 g/mol. The van der Waals surface area contributed by atoms with Gasteiger partial charge in [-0.15, -0.1) is 0 Å². The molecule has 4 aromatic rings. The van der Waals surface area contributed by atoms with Crippen LogP contribution in [0.4, 0.5) is 17.5 Å². The molecule has 0 saturated heterocycles. The third kappa shape index (κ3) is 5.21. The normalized spacial score (nSPS) is 10.9. The minimum Gasteiger partial charge on any atom is -0.340 e. The maximum absolute atomic E-state index is 5.98. The topological polar surface area (TPSA) is 62.2 Å². The van der Waals surface area contributed by atoms with Crippen LogP contribution in [0.15, 0.2) is 90.0 Å². The number of nitrogens with one attached hydrogen (secondary N) is 2. The zero-order chi connectivity index (χ0) is 20.8. The summed E-state index contributed by atoms with van der Waals surface area (Å²) in [6, 6.07) is 27.4. The van der Waals surface area contributed by atoms with E-state index in [4.69, 9.17) is 11.6 Å². The van der Waals surface area contributed by atoms with Crippen molar-refractivity contribution < 1.29 is 0 Å². The van der Waals surface area contributed by atoms with Gasteiger partial charge in [-0.3, -0.25) is 0 Å². The molecule has 0 aliphatic heterocycles. The standard InChI is InChI=1S/C24H20ClN5/c1-17-7-9-18(10-8-17)16-26-30-24-28-22(19-5-3-2-4-6-19)15-23(29-24)27-21-13-11-20(25)12-14-21/h2-16H,1H3,(H2,27,28,29,30)/b26-16+. The highest BCUT2D eigenvalue weighted by molar-refractivity contribution is 6.30. The number of hydrogen-bond acceptors (Lipinski definition) is 5. The van der Waals surface area contributed by atoms with Crippen LogP contribution in [-0.2, 0) is 0 Å². The lowest BCUT2D eigenvalue weighted by molar-refractivity contribution is 1.12. The van der Waals surface area contributed by atoms with Crippen molar-refractivity contribution in [3.05, 3.63) is 101 Å². The largest absolute Gasteiger partial charge is 0.340 e. The van der Waals surface area contributed by atoms with E-state index in [9.17, 15) is 0 Å². The van der Waals surface area contributed by atoms with Crippen LogP contribution in [0.5, 0.6) is 0 Å². The molecular formula is C24H20ClN5. The van der Waals surface area contributed by atoms with E-state index in [1.54, 1.807) is 6.21 Å². The van der Waals surface area contributed by atoms with Crippen molar-refractivity contribution in [2.24, 2.45) is 5.10 Å². The molecular weight excluding hydrogens is 394 g/mol. The minimum atomic E-state index is 0.399. The molecule has 0 radical (unpaired) electrons. The predicted octanol–water partition coefficient (Wildman–Crippen LogP) is 6.30. The first-order valence-corrected chi connectivity index (χ1v) is 9.86. The Kier molecular flexibility index (Phi) is 6.01. The fraction of sp³-hybridized carbons (Fsp3) is 0.0417. The number of hydrogen-bond donors (Lipinski definition) is 2. The third-order valence-corrected chi connectivity index (χ3v) is 4.62. The molecule has 0 spiro atoms. The monoisotopic (exact) mass is 413 g/mol. The first kappa shape index (κ1) is 19.6. The summed E-state index contributed by atoms with van der Waals surface area (Å²) in [5, 5.41) is 8.27. The molecule has 6 heteroatoms. The smallest absolute Gasteiger partial charge is 0.246 e. The summed E-state index contributed by atoms with van der Waals surface area (Å²) in [5.74, 6) is 1.05. The van der Waals surface area contributed by atoms with Crippen LogP contribution in [0.1, 0.15) is 11.1 Å². The van der Waals surface area contributed by atoms with E-state index in [1.807, 2.05) is 84.9 Å². The maximum atomic E-state index is 5.98. The van der Waals surface area contributed by atoms with Crippen molar-refractivity contribution >= 4 is 35.3 Å². The van der Waals surface area contributed by atoms with Gasteiger partial charge in [0, 0.05) is 22.3 Å². The second-order valence-electron chi connectivity index (χ2n) is 6.74. The van der Waals surface area contributed by atoms with Crippen LogP contribution in [0.25, 0.3) is 11.3 Å². The molecule has 0 bridgehead atoms. The molecule has 30 heavy (non-hydrogen) atoms. The second-order valence-corrected chi connectivity index (χ2v) is 7.18. The first-order chi connectivity index (χ1) is 14.7. The van der Waals surface area contributed by atoms with Crippen LogP contribution in [-0.4, -0.2) is 16.2 Å². The van der Waals surface area contributed by atoms with Gasteiger partial charge in [-0.25, -0.2) is 10.4 Å². The van der Waals surface area contributed by atoms with Gasteiger partial charge < -0.3 is 5.32 Å². The molecule has 0 aliphatic rings. The van der Waals surface area contributed by atoms with E-state index in [1.165, 1.54) is 5.56 Å². The Hall–Kier alpha value is -3.70. The highest BCUT2D eigenvalue weighted by atomic mass is 35.5. The van der Waals surface area contributed by atoms with E-state index >= 15 is 0 Å². The van der Waals surface area contributed by atoms with Gasteiger partial charge >= 0.3 is 0 Å². The highest BCUT2D eigenvalue weighted by Gasteiger charge is 2.07. The van der Waals surface area contributed by atoms with Gasteiger partial charge in [0.2, 0.25) is 5.95 Å². The lowest BCUT2D eigenvalue weighted by atomic mass is 10.1. The van der Waals surface area contributed by atoms with Crippen molar-refractivity contribution in [1.29, 1.82) is 0 Å². The average Bonchev–Trinajstić information content (AvgIpc) is 2.77. The quantitative estimate of drug-likeness (QED) is 0.288. The van der Waals surface area contributed by atoms with E-state index in [2.05, 4.69) is 32.7 Å². The van der Waals surface area contributed by atoms with Gasteiger partial charge in [-0.05, 0) is 36.8 Å². The second kappa shape index (κ2) is 9.20. The van der Waals surface area contributed by atoms with Crippen LogP contribution in [0.3, 0.4) is 0 Å². The molecule has 148 valence electrons. The fourth-order valence-electron chi connectivity index (χ4n) is 2.82. The van der Waals surface area contributed by atoms with E-state index in [-0.39, 0.29) is 0 Å². The van der Waals surface area contributed by atoms with Crippen LogP contribution < -0.4 is 10.7 Å². The Morgan fingerprint density at radius 3 is 2.33 bits per heavy atom. The Morgan fingerprint density at radius 1 is 0.867 bits per heavy atom. The zero-order valence-corrected chi connectivity index (χ0v) is 17.1. The number of benzene rings is 3. The van der Waals surface area contributed by atoms with Crippen molar-refractivity contribution in [2.75, 3.05) is 10.7 Å². The molecule has 2 N–H and O–H groups in total. The van der Waals surface area contributed by atoms with Crippen LogP contribution in [0.2, 0.25) is 5.02 Å². The molecule has 4 rings (SSSR count). The summed E-state index contributed by atoms with van der Waals surface area (Å²) in [4.78, 5) is 9.15. The van der Waals surface area contributed by atoms with Gasteiger partial charge in [0.1, 0.15) is 5.82 Å². The van der Waals surface area contributed by atoms with E-state index in [0.717, 1.165) is 22.5 Å². The fourth-order valence-corrected chi connectivity index (χ4v) is 2.94. The zero-order valence-electron chi connectivity index (χ0n) is 16.4. The highest BCUT2D eigenvalue weighted by Crippen LogP contribution is 2.24. The molecule has 0 fully saturated rings. The van der Waals surface area contributed by atoms with Crippen molar-refractivity contribution in [1.82, 2.24) is 9.97 Å². The first-order valence-electron chi connectivity index (χ1n) is 9.48. The Bertz CT molecular complexity index is 1140. The van der Waals surface area contributed by atoms with Gasteiger partial charge in [-0.1, -0.05) is 71.8 Å². The molecule has 0 atom stereocenters. The van der Waals surface area contributed by atoms with Crippen LogP contribution in [0, 0.1) is 6.92 Å². The number of nitrogens with zero attached hydrogens (tertiary/aromatic N) is 3. The molecule has 5 nitrogen and oxygen atoms in total. The summed E-state index contributed by atoms with van der Waals surface area (Å²) in [7, 11) is 0. The van der Waals surface area contributed by atoms with Gasteiger partial charge in [0.25, 0.3) is 0 Å². The number of aryl methyl sites for hydroxylation is 1. The number of hydrazone groups is 1. The number of aromatic nitrogens is 2. The number of halogens is 1. The molecule has 1 aromatic heterocycles. The summed E-state index contributed by atoms with van der Waals surface area (Å²) in [6.45, 7) is 2.05. The predicted molar refractivity (Wildman–Crippen MR) is 125 cm³/mol. The van der Waals surface area contributed by atoms with E-state index in [0.29, 0.717) is 16.8 Å². The lowest BCUT2D eigenvalue weighted by Crippen LogP contribution is -2.02. The maximum Gasteiger partial charge on any atom is 0.246 e. The van der Waals surface area contributed by atoms with Crippen molar-refractivity contribution in [2.45, 2.75) is 6.92 Å². The summed E-state index contributed by atoms with van der Waals surface area (Å²) in [5.41, 5.74) is 7.80. The van der Waals surface area contributed by atoms with Crippen molar-refractivity contribution in [3.8, 4) is 11.3 Å². The minimum absolute atomic E-state index is 0.399. The molecule has 0 unspecified atom stereocenters. The van der Waals surface area contributed by atoms with E-state index < -0.39 is 0 Å². The molecule has 0 amide bonds. The van der Waals surface area contributed by atoms with Crippen LogP contribution >= 0.6 is 11.6 Å². The molecule has 0 saturated carbocycles. The third-order valence-electron chi connectivity index (χ3n) is 4.37. The summed E-state index contributed by atoms with van der Waals surface area (Å²) < 4.78 is 0. The SMILES string of the molecule is Cc1ccc(/C=N/Nc2nc(Nc3ccc(Cl)cc3)cc(-c3ccccc3)n2)cc1. The summed E-state index contributed by atoms with van der Waals surface area (Å²) >= 11 is 5.98. The van der Waals surface area contributed by atoms with Gasteiger partial charge in [-0.2, -0.15) is 10.1 Å². The van der Waals surface area contributed by atoms with Gasteiger partial charge in [0.15, 0.2) is 0 Å². The van der Waals surface area contributed by atoms with Gasteiger partial charge in [0.05, 0.1) is 11.9 Å². The molecule has 1 heterocycles. The Balaban J connectivity index is 1.61. The number of rotatable bonds is 6. The number of anilines is 3. The molecule has 3 aromatic carbocycles. The van der Waals surface area contributed by atoms with Crippen molar-refractivity contribution in [3.63, 3.8) is 0 Å². The lowest BCUT2D eigenvalue weighted by Gasteiger charge is -2.10. The molecule has 0 aliphatic carbocycles. The Morgan fingerprint density at radius 2 is 1.60 bits per heavy atom. The Labute approximate surface area is 180 Å².